The van der Waals surface area contributed by atoms with Gasteiger partial charge in [0.15, 0.2) is 0 Å². The molecule has 0 bridgehead atoms. The van der Waals surface area contributed by atoms with Crippen molar-refractivity contribution < 1.29 is 14.5 Å². The Hall–Kier alpha value is -1.10. The summed E-state index contributed by atoms with van der Waals surface area (Å²) in [6.45, 7) is 7.82. The number of nitrogens with one attached hydrogen (secondary N) is 1. The lowest BCUT2D eigenvalue weighted by Crippen LogP contribution is -3.14. The molecule has 1 atom stereocenters. The number of piperazine rings is 1. The molecule has 3 fully saturated rings. The third-order valence-electron chi connectivity index (χ3n) is 5.56. The first-order chi connectivity index (χ1) is 10.2. The molecule has 5 heteroatoms. The topological polar surface area (TPSA) is 45.1 Å². The standard InChI is InChI=1S/C16H27N3O2/c1-2-17-7-9-18(10-8-17)16(21)13-11-15(20)19(12-13)14-5-3-4-6-14/h13-14H,2-12H2,1H3/p+1/t13-/m1/s1. The summed E-state index contributed by atoms with van der Waals surface area (Å²) in [6.07, 6.45) is 5.16. The molecular weight excluding hydrogens is 266 g/mol. The monoisotopic (exact) mass is 294 g/mol. The van der Waals surface area contributed by atoms with Gasteiger partial charge in [0.1, 0.15) is 0 Å². The van der Waals surface area contributed by atoms with Gasteiger partial charge in [-0.2, -0.15) is 0 Å². The highest BCUT2D eigenvalue weighted by Gasteiger charge is 2.40. The number of amides is 2. The first-order valence-electron chi connectivity index (χ1n) is 8.61. The second-order valence-corrected chi connectivity index (χ2v) is 6.81. The van der Waals surface area contributed by atoms with E-state index < -0.39 is 0 Å². The molecule has 2 aliphatic heterocycles. The van der Waals surface area contributed by atoms with Crippen LogP contribution in [0, 0.1) is 5.92 Å². The molecular formula is C16H28N3O2+. The Morgan fingerprint density at radius 2 is 1.90 bits per heavy atom. The smallest absolute Gasteiger partial charge is 0.228 e. The number of nitrogens with zero attached hydrogens (tertiary/aromatic N) is 2. The molecule has 1 N–H and O–H groups in total. The van der Waals surface area contributed by atoms with Gasteiger partial charge in [0.05, 0.1) is 38.6 Å². The summed E-state index contributed by atoms with van der Waals surface area (Å²) >= 11 is 0. The molecule has 5 nitrogen and oxygen atoms in total. The number of carbonyl (C=O) groups is 2. The largest absolute Gasteiger partial charge is 0.339 e. The van der Waals surface area contributed by atoms with Crippen LogP contribution in [0.25, 0.3) is 0 Å². The Bertz CT molecular complexity index is 398. The molecule has 2 heterocycles. The predicted molar refractivity (Wildman–Crippen MR) is 79.9 cm³/mol. The van der Waals surface area contributed by atoms with Gasteiger partial charge in [-0.25, -0.2) is 0 Å². The van der Waals surface area contributed by atoms with Gasteiger partial charge in [-0.05, 0) is 19.8 Å². The third-order valence-corrected chi connectivity index (χ3v) is 5.56. The van der Waals surface area contributed by atoms with Crippen molar-refractivity contribution in [2.75, 3.05) is 39.3 Å². The average Bonchev–Trinajstić information content (AvgIpc) is 3.15. The maximum Gasteiger partial charge on any atom is 0.228 e. The van der Waals surface area contributed by atoms with E-state index in [0.717, 1.165) is 45.6 Å². The van der Waals surface area contributed by atoms with Crippen molar-refractivity contribution >= 4 is 11.8 Å². The van der Waals surface area contributed by atoms with E-state index in [4.69, 9.17) is 0 Å². The van der Waals surface area contributed by atoms with Crippen LogP contribution in [-0.2, 0) is 9.59 Å². The summed E-state index contributed by atoms with van der Waals surface area (Å²) in [5.74, 6) is 0.346. The molecule has 0 radical (unpaired) electrons. The Morgan fingerprint density at radius 1 is 1.24 bits per heavy atom. The molecule has 2 saturated heterocycles. The zero-order valence-electron chi connectivity index (χ0n) is 13.1. The van der Waals surface area contributed by atoms with Gasteiger partial charge in [0, 0.05) is 19.0 Å². The van der Waals surface area contributed by atoms with Crippen LogP contribution >= 0.6 is 0 Å². The molecule has 118 valence electrons. The second-order valence-electron chi connectivity index (χ2n) is 6.81. The normalized spacial score (nSPS) is 28.6. The number of likely N-dealkylation sites (tertiary alicyclic amines) is 1. The van der Waals surface area contributed by atoms with E-state index in [-0.39, 0.29) is 17.7 Å². The molecule has 0 aromatic heterocycles. The van der Waals surface area contributed by atoms with Crippen LogP contribution in [0.2, 0.25) is 0 Å². The van der Waals surface area contributed by atoms with Gasteiger partial charge in [-0.15, -0.1) is 0 Å². The summed E-state index contributed by atoms with van der Waals surface area (Å²) < 4.78 is 0. The molecule has 0 aromatic rings. The number of quaternary nitrogens is 1. The van der Waals surface area contributed by atoms with Gasteiger partial charge in [-0.1, -0.05) is 12.8 Å². The molecule has 21 heavy (non-hydrogen) atoms. The van der Waals surface area contributed by atoms with Crippen LogP contribution in [0.4, 0.5) is 0 Å². The highest BCUT2D eigenvalue weighted by Crippen LogP contribution is 2.30. The van der Waals surface area contributed by atoms with E-state index in [0.29, 0.717) is 19.0 Å². The minimum absolute atomic E-state index is 0.0822. The lowest BCUT2D eigenvalue weighted by atomic mass is 10.1. The molecule has 2 amide bonds. The fourth-order valence-electron chi connectivity index (χ4n) is 4.12. The highest BCUT2D eigenvalue weighted by molar-refractivity contribution is 5.89. The molecule has 0 aromatic carbocycles. The zero-order chi connectivity index (χ0) is 14.8. The number of hydrogen-bond donors (Lipinski definition) is 1. The van der Waals surface area contributed by atoms with E-state index in [1.54, 1.807) is 4.90 Å². The van der Waals surface area contributed by atoms with Crippen LogP contribution in [-0.4, -0.2) is 66.9 Å². The first kappa shape index (κ1) is 14.8. The Labute approximate surface area is 127 Å². The van der Waals surface area contributed by atoms with Crippen molar-refractivity contribution in [3.63, 3.8) is 0 Å². The number of carbonyl (C=O) groups excluding carboxylic acids is 2. The number of hydrogen-bond acceptors (Lipinski definition) is 2. The second kappa shape index (κ2) is 6.34. The summed E-state index contributed by atoms with van der Waals surface area (Å²) in [5.41, 5.74) is 0. The molecule has 3 aliphatic rings. The SMILES string of the molecule is CC[NH+]1CCN(C(=O)[C@@H]2CC(=O)N(C3CCCC3)C2)CC1. The Kier molecular flexibility index (Phi) is 4.48. The first-order valence-corrected chi connectivity index (χ1v) is 8.61. The van der Waals surface area contributed by atoms with Gasteiger partial charge in [0.25, 0.3) is 0 Å². The third kappa shape index (κ3) is 3.07. The summed E-state index contributed by atoms with van der Waals surface area (Å²) in [6, 6.07) is 0.414. The van der Waals surface area contributed by atoms with E-state index >= 15 is 0 Å². The van der Waals surface area contributed by atoms with Crippen LogP contribution in [0.5, 0.6) is 0 Å². The van der Waals surface area contributed by atoms with Gasteiger partial charge >= 0.3 is 0 Å². The predicted octanol–water partition coefficient (Wildman–Crippen LogP) is -0.475. The van der Waals surface area contributed by atoms with E-state index in [9.17, 15) is 9.59 Å². The van der Waals surface area contributed by atoms with E-state index in [2.05, 4.69) is 6.92 Å². The van der Waals surface area contributed by atoms with Crippen molar-refractivity contribution in [3.8, 4) is 0 Å². The van der Waals surface area contributed by atoms with E-state index in [1.807, 2.05) is 9.80 Å². The summed E-state index contributed by atoms with van der Waals surface area (Å²) in [5, 5.41) is 0. The fraction of sp³-hybridized carbons (Fsp3) is 0.875. The maximum atomic E-state index is 12.6. The molecule has 3 rings (SSSR count). The number of likely N-dealkylation sites (N-methyl/N-ethyl adjacent to an activating group) is 1. The van der Waals surface area contributed by atoms with Crippen molar-refractivity contribution in [1.29, 1.82) is 0 Å². The van der Waals surface area contributed by atoms with Crippen LogP contribution < -0.4 is 4.90 Å². The quantitative estimate of drug-likeness (QED) is 0.764. The van der Waals surface area contributed by atoms with Crippen LogP contribution in [0.1, 0.15) is 39.0 Å². The van der Waals surface area contributed by atoms with Gasteiger partial charge < -0.3 is 14.7 Å². The molecule has 0 unspecified atom stereocenters. The lowest BCUT2D eigenvalue weighted by molar-refractivity contribution is -0.902. The summed E-state index contributed by atoms with van der Waals surface area (Å²) in [4.78, 5) is 30.4. The fourth-order valence-corrected chi connectivity index (χ4v) is 4.12. The molecule has 1 saturated carbocycles. The van der Waals surface area contributed by atoms with Crippen molar-refractivity contribution in [3.05, 3.63) is 0 Å². The molecule has 0 spiro atoms. The lowest BCUT2D eigenvalue weighted by Gasteiger charge is -2.33. The Balaban J connectivity index is 1.55. The van der Waals surface area contributed by atoms with Crippen molar-refractivity contribution in [2.24, 2.45) is 5.92 Å². The van der Waals surface area contributed by atoms with Crippen molar-refractivity contribution in [1.82, 2.24) is 9.80 Å². The maximum absolute atomic E-state index is 12.6. The van der Waals surface area contributed by atoms with Gasteiger partial charge in [0.2, 0.25) is 11.8 Å². The number of rotatable bonds is 3. The minimum Gasteiger partial charge on any atom is -0.339 e. The minimum atomic E-state index is -0.0822. The van der Waals surface area contributed by atoms with Gasteiger partial charge in [-0.3, -0.25) is 9.59 Å². The van der Waals surface area contributed by atoms with E-state index in [1.165, 1.54) is 12.8 Å². The zero-order valence-corrected chi connectivity index (χ0v) is 13.1. The van der Waals surface area contributed by atoms with Crippen LogP contribution in [0.3, 0.4) is 0 Å². The molecule has 1 aliphatic carbocycles. The Morgan fingerprint density at radius 3 is 2.52 bits per heavy atom. The average molecular weight is 294 g/mol. The van der Waals surface area contributed by atoms with Crippen molar-refractivity contribution in [2.45, 2.75) is 45.1 Å². The highest BCUT2D eigenvalue weighted by atomic mass is 16.2. The summed E-state index contributed by atoms with van der Waals surface area (Å²) in [7, 11) is 0. The van der Waals surface area contributed by atoms with Crippen LogP contribution in [0.15, 0.2) is 0 Å².